The van der Waals surface area contributed by atoms with Crippen LogP contribution in [-0.2, 0) is 24.4 Å². The van der Waals surface area contributed by atoms with E-state index < -0.39 is 0 Å². The first-order valence-electron chi connectivity index (χ1n) is 9.07. The first-order chi connectivity index (χ1) is 12.1. The standard InChI is InChI=1S/C20H29N3O2/c1-5-11-25-14-17-10-8-7-9-16(17)13-21-20(24)19-12-18(15(3)4)22-23(19)6-2/h7-10,12,15H,5-6,11,13-14H2,1-4H3,(H,21,24). The van der Waals surface area contributed by atoms with E-state index in [2.05, 4.69) is 31.2 Å². The SMILES string of the molecule is CCCOCc1ccccc1CNC(=O)c1cc(C(C)C)nn1CC. The predicted molar refractivity (Wildman–Crippen MR) is 99.5 cm³/mol. The van der Waals surface area contributed by atoms with Gasteiger partial charge in [-0.15, -0.1) is 0 Å². The van der Waals surface area contributed by atoms with Gasteiger partial charge in [0.25, 0.3) is 5.91 Å². The van der Waals surface area contributed by atoms with Crippen LogP contribution in [0.2, 0.25) is 0 Å². The van der Waals surface area contributed by atoms with Gasteiger partial charge in [0.1, 0.15) is 5.69 Å². The second-order valence-corrected chi connectivity index (χ2v) is 6.43. The van der Waals surface area contributed by atoms with Crippen molar-refractivity contribution in [3.63, 3.8) is 0 Å². The zero-order chi connectivity index (χ0) is 18.2. The third-order valence-electron chi connectivity index (χ3n) is 4.09. The van der Waals surface area contributed by atoms with Crippen molar-refractivity contribution in [2.75, 3.05) is 6.61 Å². The molecule has 0 bridgehead atoms. The summed E-state index contributed by atoms with van der Waals surface area (Å²) >= 11 is 0. The van der Waals surface area contributed by atoms with Gasteiger partial charge in [-0.05, 0) is 36.5 Å². The Kier molecular flexibility index (Phi) is 7.19. The van der Waals surface area contributed by atoms with Gasteiger partial charge >= 0.3 is 0 Å². The Hall–Kier alpha value is -2.14. The normalized spacial score (nSPS) is 11.1. The van der Waals surface area contributed by atoms with Crippen molar-refractivity contribution >= 4 is 5.91 Å². The average molecular weight is 343 g/mol. The smallest absolute Gasteiger partial charge is 0.269 e. The molecule has 5 heteroatoms. The summed E-state index contributed by atoms with van der Waals surface area (Å²) in [7, 11) is 0. The molecule has 0 spiro atoms. The lowest BCUT2D eigenvalue weighted by Gasteiger charge is -2.11. The summed E-state index contributed by atoms with van der Waals surface area (Å²) in [5.74, 6) is 0.210. The number of nitrogens with zero attached hydrogens (tertiary/aromatic N) is 2. The number of carbonyl (C=O) groups is 1. The zero-order valence-corrected chi connectivity index (χ0v) is 15.7. The van der Waals surface area contributed by atoms with E-state index in [4.69, 9.17) is 4.74 Å². The number of ether oxygens (including phenoxy) is 1. The first kappa shape index (κ1) is 19.2. The van der Waals surface area contributed by atoms with Gasteiger partial charge < -0.3 is 10.1 Å². The molecule has 136 valence electrons. The van der Waals surface area contributed by atoms with Crippen LogP contribution in [0.3, 0.4) is 0 Å². The van der Waals surface area contributed by atoms with Crippen molar-refractivity contribution in [1.82, 2.24) is 15.1 Å². The van der Waals surface area contributed by atoms with Gasteiger partial charge in [-0.2, -0.15) is 5.10 Å². The Balaban J connectivity index is 2.05. The molecule has 0 unspecified atom stereocenters. The van der Waals surface area contributed by atoms with Crippen LogP contribution in [0, 0.1) is 0 Å². The second-order valence-electron chi connectivity index (χ2n) is 6.43. The van der Waals surface area contributed by atoms with E-state index in [0.717, 1.165) is 29.8 Å². The molecule has 25 heavy (non-hydrogen) atoms. The molecule has 0 saturated carbocycles. The summed E-state index contributed by atoms with van der Waals surface area (Å²) < 4.78 is 7.41. The summed E-state index contributed by atoms with van der Waals surface area (Å²) in [6, 6.07) is 9.95. The molecule has 0 aliphatic carbocycles. The van der Waals surface area contributed by atoms with Crippen molar-refractivity contribution in [2.45, 2.75) is 59.7 Å². The molecule has 2 aromatic rings. The number of rotatable bonds is 9. The average Bonchev–Trinajstić information content (AvgIpc) is 3.05. The van der Waals surface area contributed by atoms with Crippen LogP contribution in [0.1, 0.15) is 67.3 Å². The molecule has 0 aliphatic rings. The van der Waals surface area contributed by atoms with Gasteiger partial charge in [0.2, 0.25) is 0 Å². The van der Waals surface area contributed by atoms with Gasteiger partial charge in [-0.25, -0.2) is 0 Å². The minimum absolute atomic E-state index is 0.0921. The van der Waals surface area contributed by atoms with Crippen LogP contribution >= 0.6 is 0 Å². The Morgan fingerprint density at radius 2 is 1.96 bits per heavy atom. The van der Waals surface area contributed by atoms with E-state index in [1.54, 1.807) is 4.68 Å². The fourth-order valence-corrected chi connectivity index (χ4v) is 2.61. The molecule has 1 N–H and O–H groups in total. The molecule has 1 heterocycles. The predicted octanol–water partition coefficient (Wildman–Crippen LogP) is 3.88. The van der Waals surface area contributed by atoms with E-state index in [1.165, 1.54) is 0 Å². The van der Waals surface area contributed by atoms with Crippen LogP contribution in [0.15, 0.2) is 30.3 Å². The van der Waals surface area contributed by atoms with E-state index in [-0.39, 0.29) is 5.91 Å². The number of benzene rings is 1. The minimum Gasteiger partial charge on any atom is -0.377 e. The summed E-state index contributed by atoms with van der Waals surface area (Å²) in [4.78, 5) is 12.6. The number of hydrogen-bond acceptors (Lipinski definition) is 3. The Morgan fingerprint density at radius 3 is 2.60 bits per heavy atom. The monoisotopic (exact) mass is 343 g/mol. The molecular formula is C20H29N3O2. The van der Waals surface area contributed by atoms with Crippen LogP contribution in [0.5, 0.6) is 0 Å². The van der Waals surface area contributed by atoms with Crippen molar-refractivity contribution < 1.29 is 9.53 Å². The highest BCUT2D eigenvalue weighted by Crippen LogP contribution is 2.15. The van der Waals surface area contributed by atoms with Crippen LogP contribution < -0.4 is 5.32 Å². The van der Waals surface area contributed by atoms with Crippen molar-refractivity contribution in [3.05, 3.63) is 52.8 Å². The van der Waals surface area contributed by atoms with Gasteiger partial charge in [0.15, 0.2) is 0 Å². The third-order valence-corrected chi connectivity index (χ3v) is 4.09. The highest BCUT2D eigenvalue weighted by molar-refractivity contribution is 5.92. The Bertz CT molecular complexity index is 692. The highest BCUT2D eigenvalue weighted by Gasteiger charge is 2.16. The Morgan fingerprint density at radius 1 is 1.24 bits per heavy atom. The summed E-state index contributed by atoms with van der Waals surface area (Å²) in [5.41, 5.74) is 3.76. The topological polar surface area (TPSA) is 56.1 Å². The third kappa shape index (κ3) is 5.16. The molecule has 0 fully saturated rings. The molecule has 0 radical (unpaired) electrons. The highest BCUT2D eigenvalue weighted by atomic mass is 16.5. The number of aryl methyl sites for hydroxylation is 1. The molecule has 5 nitrogen and oxygen atoms in total. The molecule has 0 aliphatic heterocycles. The van der Waals surface area contributed by atoms with E-state index in [0.29, 0.717) is 31.3 Å². The largest absolute Gasteiger partial charge is 0.377 e. The molecule has 1 aromatic carbocycles. The molecule has 2 rings (SSSR count). The fraction of sp³-hybridized carbons (Fsp3) is 0.500. The summed E-state index contributed by atoms with van der Waals surface area (Å²) in [5, 5.41) is 7.53. The molecule has 0 saturated heterocycles. The van der Waals surface area contributed by atoms with Crippen LogP contribution in [-0.4, -0.2) is 22.3 Å². The first-order valence-corrected chi connectivity index (χ1v) is 9.07. The van der Waals surface area contributed by atoms with Crippen LogP contribution in [0.25, 0.3) is 0 Å². The lowest BCUT2D eigenvalue weighted by Crippen LogP contribution is -2.26. The zero-order valence-electron chi connectivity index (χ0n) is 15.7. The lowest BCUT2D eigenvalue weighted by atomic mass is 10.1. The molecule has 1 aromatic heterocycles. The maximum Gasteiger partial charge on any atom is 0.269 e. The second kappa shape index (κ2) is 9.37. The minimum atomic E-state index is -0.0921. The number of amides is 1. The van der Waals surface area contributed by atoms with E-state index >= 15 is 0 Å². The van der Waals surface area contributed by atoms with Crippen molar-refractivity contribution in [3.8, 4) is 0 Å². The maximum absolute atomic E-state index is 12.6. The molecule has 1 amide bonds. The van der Waals surface area contributed by atoms with Crippen molar-refractivity contribution in [2.24, 2.45) is 0 Å². The lowest BCUT2D eigenvalue weighted by molar-refractivity contribution is 0.0938. The Labute approximate surface area is 150 Å². The molecule has 0 atom stereocenters. The van der Waals surface area contributed by atoms with Crippen LogP contribution in [0.4, 0.5) is 0 Å². The van der Waals surface area contributed by atoms with Crippen molar-refractivity contribution in [1.29, 1.82) is 0 Å². The van der Waals surface area contributed by atoms with E-state index in [9.17, 15) is 4.79 Å². The number of carbonyl (C=O) groups excluding carboxylic acids is 1. The summed E-state index contributed by atoms with van der Waals surface area (Å²) in [6.45, 7) is 10.7. The summed E-state index contributed by atoms with van der Waals surface area (Å²) in [6.07, 6.45) is 0.998. The maximum atomic E-state index is 12.6. The van der Waals surface area contributed by atoms with Gasteiger partial charge in [-0.3, -0.25) is 9.48 Å². The van der Waals surface area contributed by atoms with Gasteiger partial charge in [0, 0.05) is 19.7 Å². The fourth-order valence-electron chi connectivity index (χ4n) is 2.61. The number of hydrogen-bond donors (Lipinski definition) is 1. The van der Waals surface area contributed by atoms with Gasteiger partial charge in [-0.1, -0.05) is 45.0 Å². The molecular weight excluding hydrogens is 314 g/mol. The quantitative estimate of drug-likeness (QED) is 0.703. The number of nitrogens with one attached hydrogen (secondary N) is 1. The number of aromatic nitrogens is 2. The van der Waals surface area contributed by atoms with E-state index in [1.807, 2.05) is 37.3 Å². The van der Waals surface area contributed by atoms with Gasteiger partial charge in [0.05, 0.1) is 12.3 Å².